The van der Waals surface area contributed by atoms with Crippen LogP contribution in [0.4, 0.5) is 5.69 Å². The molecule has 0 aliphatic rings. The number of nitrogens with zero attached hydrogens (tertiary/aromatic N) is 4. The maximum Gasteiger partial charge on any atom is 0.274 e. The Labute approximate surface area is 147 Å². The summed E-state index contributed by atoms with van der Waals surface area (Å²) in [7, 11) is 4.02. The molecule has 0 bridgehead atoms. The summed E-state index contributed by atoms with van der Waals surface area (Å²) in [6, 6.07) is 15.8. The van der Waals surface area contributed by atoms with Gasteiger partial charge in [0.25, 0.3) is 5.91 Å². The molecule has 0 saturated carbocycles. The maximum atomic E-state index is 12.8. The van der Waals surface area contributed by atoms with E-state index in [0.717, 1.165) is 22.3 Å². The van der Waals surface area contributed by atoms with Crippen molar-refractivity contribution >= 4 is 22.6 Å². The molecular formula is C20H22N4O. The van der Waals surface area contributed by atoms with E-state index in [-0.39, 0.29) is 5.91 Å². The van der Waals surface area contributed by atoms with E-state index in [4.69, 9.17) is 0 Å². The topological polar surface area (TPSA) is 49.3 Å². The summed E-state index contributed by atoms with van der Waals surface area (Å²) < 4.78 is 0. The summed E-state index contributed by atoms with van der Waals surface area (Å²) in [5.74, 6) is -0.0996. The van der Waals surface area contributed by atoms with Crippen LogP contribution in [0.5, 0.6) is 0 Å². The van der Waals surface area contributed by atoms with Crippen LogP contribution in [0.25, 0.3) is 11.0 Å². The third-order valence-electron chi connectivity index (χ3n) is 4.16. The van der Waals surface area contributed by atoms with E-state index >= 15 is 0 Å². The predicted octanol–water partition coefficient (Wildman–Crippen LogP) is 3.36. The molecule has 128 valence electrons. The van der Waals surface area contributed by atoms with Gasteiger partial charge in [0.1, 0.15) is 5.69 Å². The van der Waals surface area contributed by atoms with Crippen molar-refractivity contribution in [1.82, 2.24) is 14.9 Å². The lowest BCUT2D eigenvalue weighted by Crippen LogP contribution is -2.31. The predicted molar refractivity (Wildman–Crippen MR) is 101 cm³/mol. The summed E-state index contributed by atoms with van der Waals surface area (Å²) >= 11 is 0. The fraction of sp³-hybridized carbons (Fsp3) is 0.250. The van der Waals surface area contributed by atoms with Crippen LogP contribution in [0.1, 0.15) is 23.0 Å². The molecule has 0 atom stereocenters. The molecule has 0 aliphatic heterocycles. The van der Waals surface area contributed by atoms with Gasteiger partial charge in [-0.15, -0.1) is 0 Å². The van der Waals surface area contributed by atoms with E-state index < -0.39 is 0 Å². The van der Waals surface area contributed by atoms with Crippen molar-refractivity contribution in [2.24, 2.45) is 0 Å². The molecule has 3 rings (SSSR count). The number of benzene rings is 2. The Morgan fingerprint density at radius 2 is 1.68 bits per heavy atom. The van der Waals surface area contributed by atoms with Gasteiger partial charge in [-0.05, 0) is 36.8 Å². The zero-order valence-electron chi connectivity index (χ0n) is 14.8. The third-order valence-corrected chi connectivity index (χ3v) is 4.16. The van der Waals surface area contributed by atoms with Crippen molar-refractivity contribution < 1.29 is 4.79 Å². The SMILES string of the molecule is CCN(Cc1ccc(N(C)C)cc1)C(=O)c1cnc2ccccc2n1. The van der Waals surface area contributed by atoms with Crippen LogP contribution in [0.15, 0.2) is 54.7 Å². The lowest BCUT2D eigenvalue weighted by atomic mass is 10.2. The fourth-order valence-corrected chi connectivity index (χ4v) is 2.67. The first kappa shape index (κ1) is 16.9. The van der Waals surface area contributed by atoms with Crippen molar-refractivity contribution in [2.75, 3.05) is 25.5 Å². The first-order valence-electron chi connectivity index (χ1n) is 8.36. The van der Waals surface area contributed by atoms with E-state index in [0.29, 0.717) is 18.8 Å². The van der Waals surface area contributed by atoms with Gasteiger partial charge in [0, 0.05) is 32.9 Å². The third kappa shape index (κ3) is 3.76. The second-order valence-corrected chi connectivity index (χ2v) is 6.12. The van der Waals surface area contributed by atoms with Crippen LogP contribution in [0, 0.1) is 0 Å². The Bertz CT molecular complexity index is 874. The van der Waals surface area contributed by atoms with Crippen molar-refractivity contribution in [3.8, 4) is 0 Å². The van der Waals surface area contributed by atoms with Crippen molar-refractivity contribution in [2.45, 2.75) is 13.5 Å². The Morgan fingerprint density at radius 1 is 1.00 bits per heavy atom. The molecule has 2 aromatic carbocycles. The fourth-order valence-electron chi connectivity index (χ4n) is 2.67. The highest BCUT2D eigenvalue weighted by Gasteiger charge is 2.17. The number of aromatic nitrogens is 2. The van der Waals surface area contributed by atoms with E-state index in [1.807, 2.05) is 45.3 Å². The number of carbonyl (C=O) groups excluding carboxylic acids is 1. The van der Waals surface area contributed by atoms with Crippen LogP contribution in [0.2, 0.25) is 0 Å². The Balaban J connectivity index is 1.80. The minimum Gasteiger partial charge on any atom is -0.378 e. The number of anilines is 1. The van der Waals surface area contributed by atoms with Gasteiger partial charge < -0.3 is 9.80 Å². The average molecular weight is 334 g/mol. The van der Waals surface area contributed by atoms with Gasteiger partial charge >= 0.3 is 0 Å². The minimum atomic E-state index is -0.0996. The van der Waals surface area contributed by atoms with Gasteiger partial charge in [-0.25, -0.2) is 4.98 Å². The summed E-state index contributed by atoms with van der Waals surface area (Å²) in [4.78, 5) is 25.5. The van der Waals surface area contributed by atoms with Crippen molar-refractivity contribution in [3.05, 3.63) is 66.0 Å². The quantitative estimate of drug-likeness (QED) is 0.718. The highest BCUT2D eigenvalue weighted by molar-refractivity contribution is 5.93. The number of hydrogen-bond donors (Lipinski definition) is 0. The number of fused-ring (bicyclic) bond motifs is 1. The smallest absolute Gasteiger partial charge is 0.274 e. The Kier molecular flexibility index (Phi) is 4.93. The monoisotopic (exact) mass is 334 g/mol. The number of amides is 1. The molecule has 25 heavy (non-hydrogen) atoms. The van der Waals surface area contributed by atoms with Gasteiger partial charge in [-0.2, -0.15) is 0 Å². The van der Waals surface area contributed by atoms with E-state index in [9.17, 15) is 4.79 Å². The molecular weight excluding hydrogens is 312 g/mol. The number of hydrogen-bond acceptors (Lipinski definition) is 4. The zero-order valence-corrected chi connectivity index (χ0v) is 14.8. The molecule has 5 heteroatoms. The van der Waals surface area contributed by atoms with E-state index in [1.54, 1.807) is 11.1 Å². The summed E-state index contributed by atoms with van der Waals surface area (Å²) in [6.45, 7) is 3.14. The molecule has 0 N–H and O–H groups in total. The first-order chi connectivity index (χ1) is 12.1. The van der Waals surface area contributed by atoms with Gasteiger partial charge in [-0.1, -0.05) is 24.3 Å². The largest absolute Gasteiger partial charge is 0.378 e. The van der Waals surface area contributed by atoms with Crippen LogP contribution in [0.3, 0.4) is 0 Å². The molecule has 1 aromatic heterocycles. The number of para-hydroxylation sites is 2. The molecule has 1 heterocycles. The van der Waals surface area contributed by atoms with E-state index in [2.05, 4.69) is 39.1 Å². The second-order valence-electron chi connectivity index (χ2n) is 6.12. The van der Waals surface area contributed by atoms with Crippen LogP contribution >= 0.6 is 0 Å². The van der Waals surface area contributed by atoms with Crippen LogP contribution in [-0.4, -0.2) is 41.4 Å². The average Bonchev–Trinajstić information content (AvgIpc) is 2.65. The standard InChI is InChI=1S/C20H22N4O/c1-4-24(14-15-9-11-16(12-10-15)23(2)3)20(25)19-13-21-17-7-5-6-8-18(17)22-19/h5-13H,4,14H2,1-3H3. The minimum absolute atomic E-state index is 0.0996. The molecule has 0 radical (unpaired) electrons. The van der Waals surface area contributed by atoms with Gasteiger partial charge in [0.15, 0.2) is 0 Å². The normalized spacial score (nSPS) is 10.7. The molecule has 1 amide bonds. The summed E-state index contributed by atoms with van der Waals surface area (Å²) in [5, 5.41) is 0. The lowest BCUT2D eigenvalue weighted by molar-refractivity contribution is 0.0746. The molecule has 5 nitrogen and oxygen atoms in total. The zero-order chi connectivity index (χ0) is 17.8. The molecule has 0 unspecified atom stereocenters. The molecule has 0 fully saturated rings. The molecule has 0 aliphatic carbocycles. The second kappa shape index (κ2) is 7.30. The first-order valence-corrected chi connectivity index (χ1v) is 8.36. The van der Waals surface area contributed by atoms with Crippen LogP contribution < -0.4 is 4.90 Å². The number of carbonyl (C=O) groups is 1. The molecule has 0 spiro atoms. The van der Waals surface area contributed by atoms with Crippen molar-refractivity contribution in [3.63, 3.8) is 0 Å². The maximum absolute atomic E-state index is 12.8. The summed E-state index contributed by atoms with van der Waals surface area (Å²) in [5.41, 5.74) is 4.14. The van der Waals surface area contributed by atoms with E-state index in [1.165, 1.54) is 0 Å². The van der Waals surface area contributed by atoms with Crippen molar-refractivity contribution in [1.29, 1.82) is 0 Å². The van der Waals surface area contributed by atoms with Crippen LogP contribution in [-0.2, 0) is 6.54 Å². The van der Waals surface area contributed by atoms with Gasteiger partial charge in [0.2, 0.25) is 0 Å². The lowest BCUT2D eigenvalue weighted by Gasteiger charge is -2.21. The highest BCUT2D eigenvalue weighted by atomic mass is 16.2. The molecule has 0 saturated heterocycles. The summed E-state index contributed by atoms with van der Waals surface area (Å²) in [6.07, 6.45) is 1.56. The van der Waals surface area contributed by atoms with Gasteiger partial charge in [-0.3, -0.25) is 9.78 Å². The Hall–Kier alpha value is -2.95. The Morgan fingerprint density at radius 3 is 2.32 bits per heavy atom. The van der Waals surface area contributed by atoms with Gasteiger partial charge in [0.05, 0.1) is 17.2 Å². The number of rotatable bonds is 5. The highest BCUT2D eigenvalue weighted by Crippen LogP contribution is 2.15. The molecule has 3 aromatic rings.